The first kappa shape index (κ1) is 34.2. The van der Waals surface area contributed by atoms with Crippen LogP contribution in [0.3, 0.4) is 0 Å². The Morgan fingerprint density at radius 3 is 2.24 bits per heavy atom. The summed E-state index contributed by atoms with van der Waals surface area (Å²) in [6.07, 6.45) is 2.42. The van der Waals surface area contributed by atoms with E-state index in [1.165, 1.54) is 13.2 Å². The smallest absolute Gasteiger partial charge is 0.311 e. The van der Waals surface area contributed by atoms with Crippen LogP contribution in [0.15, 0.2) is 72.8 Å². The van der Waals surface area contributed by atoms with E-state index in [1.54, 1.807) is 24.3 Å². The van der Waals surface area contributed by atoms with Crippen molar-refractivity contribution in [1.82, 2.24) is 15.2 Å². The molecule has 2 heterocycles. The van der Waals surface area contributed by atoms with Gasteiger partial charge in [0.25, 0.3) is 11.8 Å². The number of pyridine rings is 1. The van der Waals surface area contributed by atoms with Crippen LogP contribution in [-0.2, 0) is 16.1 Å². The fourth-order valence-corrected chi connectivity index (χ4v) is 7.28. The van der Waals surface area contributed by atoms with Crippen LogP contribution >= 0.6 is 0 Å². The fourth-order valence-electron chi connectivity index (χ4n) is 7.28. The molecule has 1 aromatic heterocycles. The summed E-state index contributed by atoms with van der Waals surface area (Å²) in [5.74, 6) is -3.92. The molecule has 3 aliphatic carbocycles. The van der Waals surface area contributed by atoms with Gasteiger partial charge in [0.1, 0.15) is 18.0 Å². The number of nitrogens with zero attached hydrogens (tertiary/aromatic N) is 3. The molecule has 264 valence electrons. The van der Waals surface area contributed by atoms with Crippen molar-refractivity contribution < 1.29 is 37.3 Å². The maximum absolute atomic E-state index is 16.6. The summed E-state index contributed by atoms with van der Waals surface area (Å²) >= 11 is 0. The highest BCUT2D eigenvalue weighted by molar-refractivity contribution is 5.77. The first-order valence-electron chi connectivity index (χ1n) is 17.0. The van der Waals surface area contributed by atoms with Gasteiger partial charge >= 0.3 is 5.97 Å². The Morgan fingerprint density at radius 2 is 1.59 bits per heavy atom. The molecule has 4 aliphatic rings. The Morgan fingerprint density at radius 1 is 0.922 bits per heavy atom. The minimum Gasteiger partial charge on any atom is -0.485 e. The molecule has 4 fully saturated rings. The number of ether oxygens (including phenoxy) is 5. The van der Waals surface area contributed by atoms with Gasteiger partial charge in [0.05, 0.1) is 30.3 Å². The van der Waals surface area contributed by atoms with E-state index >= 15 is 8.78 Å². The zero-order valence-electron chi connectivity index (χ0n) is 28.4. The minimum atomic E-state index is -1.17. The van der Waals surface area contributed by atoms with Crippen LogP contribution in [0.5, 0.6) is 34.8 Å². The number of aromatic nitrogens is 1. The van der Waals surface area contributed by atoms with Gasteiger partial charge in [0.2, 0.25) is 17.4 Å². The molecule has 0 radical (unpaired) electrons. The summed E-state index contributed by atoms with van der Waals surface area (Å²) in [6.45, 7) is 1.72. The van der Waals surface area contributed by atoms with E-state index in [9.17, 15) is 10.1 Å². The SMILES string of the molecule is COC(=O)C12CCC(Oc3c(F)c(Oc4cc(C#N)ccc4OCc4ccccc4)nc(Oc4ccccc4C4NCCN4C)c3F)(CC1)CC2. The predicted octanol–water partition coefficient (Wildman–Crippen LogP) is 7.57. The number of nitrogens with one attached hydrogen (secondary N) is 1. The van der Waals surface area contributed by atoms with Gasteiger partial charge in [-0.1, -0.05) is 48.5 Å². The van der Waals surface area contributed by atoms with Crippen molar-refractivity contribution in [1.29, 1.82) is 5.26 Å². The maximum Gasteiger partial charge on any atom is 0.311 e. The van der Waals surface area contributed by atoms with Crippen molar-refractivity contribution >= 4 is 5.97 Å². The quantitative estimate of drug-likeness (QED) is 0.158. The highest BCUT2D eigenvalue weighted by Crippen LogP contribution is 2.55. The summed E-state index contributed by atoms with van der Waals surface area (Å²) in [5.41, 5.74) is 0.300. The van der Waals surface area contributed by atoms with Gasteiger partial charge in [-0.25, -0.2) is 0 Å². The second kappa shape index (κ2) is 14.2. The van der Waals surface area contributed by atoms with Gasteiger partial charge in [0, 0.05) is 24.7 Å². The Balaban J connectivity index is 1.27. The van der Waals surface area contributed by atoms with E-state index in [0.717, 1.165) is 24.2 Å². The number of carbonyl (C=O) groups excluding carboxylic acids is 1. The number of halogens is 2. The number of para-hydroxylation sites is 1. The van der Waals surface area contributed by atoms with E-state index in [0.29, 0.717) is 44.3 Å². The van der Waals surface area contributed by atoms with Crippen LogP contribution in [0.1, 0.15) is 61.4 Å². The van der Waals surface area contributed by atoms with Crippen LogP contribution in [0, 0.1) is 28.4 Å². The average Bonchev–Trinajstić information content (AvgIpc) is 3.61. The second-order valence-corrected chi connectivity index (χ2v) is 13.4. The topological polar surface area (TPSA) is 115 Å². The Bertz CT molecular complexity index is 1940. The molecule has 1 aliphatic heterocycles. The molecule has 10 nitrogen and oxygen atoms in total. The molecule has 2 bridgehead atoms. The van der Waals surface area contributed by atoms with E-state index < -0.39 is 40.2 Å². The minimum absolute atomic E-state index is 0.00609. The molecule has 1 atom stereocenters. The molecule has 1 saturated heterocycles. The third-order valence-corrected chi connectivity index (χ3v) is 10.3. The first-order chi connectivity index (χ1) is 24.7. The van der Waals surface area contributed by atoms with Crippen molar-refractivity contribution in [3.8, 4) is 40.8 Å². The van der Waals surface area contributed by atoms with Gasteiger partial charge < -0.3 is 23.7 Å². The molecule has 51 heavy (non-hydrogen) atoms. The number of benzene rings is 3. The molecule has 3 aromatic carbocycles. The lowest BCUT2D eigenvalue weighted by atomic mass is 9.58. The summed E-state index contributed by atoms with van der Waals surface area (Å²) in [6, 6.07) is 23.1. The number of rotatable bonds is 11. The number of esters is 1. The monoisotopic (exact) mass is 696 g/mol. The number of hydrogen-bond acceptors (Lipinski definition) is 10. The number of fused-ring (bicyclic) bond motifs is 3. The number of nitriles is 1. The second-order valence-electron chi connectivity index (χ2n) is 13.4. The van der Waals surface area contributed by atoms with Crippen LogP contribution in [0.25, 0.3) is 0 Å². The standard InChI is InChI=1S/C39H38F2N4O6/c1-45-21-20-43-34(45)27-10-6-7-11-28(27)49-35-31(40)33(51-39-17-14-38(15-18-39,16-19-39)37(46)47-2)32(41)36(44-35)50-30-22-26(23-42)12-13-29(30)48-24-25-8-4-3-5-9-25/h3-13,22,34,43H,14-21,24H2,1-2H3. The van der Waals surface area contributed by atoms with Crippen molar-refractivity contribution in [3.05, 3.63) is 101 Å². The molecule has 8 rings (SSSR count). The summed E-state index contributed by atoms with van der Waals surface area (Å²) in [7, 11) is 3.34. The van der Waals surface area contributed by atoms with Crippen LogP contribution in [0.2, 0.25) is 0 Å². The number of methoxy groups -OCH3 is 1. The van der Waals surface area contributed by atoms with Gasteiger partial charge in [0.15, 0.2) is 11.5 Å². The largest absolute Gasteiger partial charge is 0.485 e. The van der Waals surface area contributed by atoms with E-state index in [4.69, 9.17) is 23.7 Å². The van der Waals surface area contributed by atoms with Gasteiger partial charge in [-0.15, -0.1) is 0 Å². The zero-order chi connectivity index (χ0) is 35.6. The molecule has 1 N–H and O–H groups in total. The molecule has 0 spiro atoms. The maximum atomic E-state index is 16.6. The highest BCUT2D eigenvalue weighted by atomic mass is 19.1. The van der Waals surface area contributed by atoms with Crippen LogP contribution in [0.4, 0.5) is 8.78 Å². The molecule has 4 aromatic rings. The van der Waals surface area contributed by atoms with E-state index in [1.807, 2.05) is 49.5 Å². The number of hydrogen-bond donors (Lipinski definition) is 1. The van der Waals surface area contributed by atoms with Crippen molar-refractivity contribution in [2.24, 2.45) is 5.41 Å². The van der Waals surface area contributed by atoms with Crippen LogP contribution in [-0.4, -0.2) is 48.7 Å². The lowest BCUT2D eigenvalue weighted by molar-refractivity contribution is -0.166. The van der Waals surface area contributed by atoms with Crippen molar-refractivity contribution in [2.75, 3.05) is 27.2 Å². The Kier molecular flexibility index (Phi) is 9.50. The average molecular weight is 697 g/mol. The molecule has 0 amide bonds. The van der Waals surface area contributed by atoms with Gasteiger partial charge in [-0.3, -0.25) is 15.0 Å². The summed E-state index contributed by atoms with van der Waals surface area (Å²) in [4.78, 5) is 18.9. The lowest BCUT2D eigenvalue weighted by Crippen LogP contribution is -2.52. The van der Waals surface area contributed by atoms with Crippen LogP contribution < -0.4 is 24.3 Å². The predicted molar refractivity (Wildman–Crippen MR) is 182 cm³/mol. The third-order valence-electron chi connectivity index (χ3n) is 10.3. The van der Waals surface area contributed by atoms with E-state index in [-0.39, 0.29) is 35.8 Å². The summed E-state index contributed by atoms with van der Waals surface area (Å²) < 4.78 is 62.8. The molecular formula is C39H38F2N4O6. The van der Waals surface area contributed by atoms with Crippen molar-refractivity contribution in [2.45, 2.75) is 56.9 Å². The van der Waals surface area contributed by atoms with Crippen molar-refractivity contribution in [3.63, 3.8) is 0 Å². The molecule has 1 unspecified atom stereocenters. The molecular weight excluding hydrogens is 658 g/mol. The third kappa shape index (κ3) is 6.79. The fraction of sp³-hybridized carbons (Fsp3) is 0.359. The first-order valence-corrected chi connectivity index (χ1v) is 17.0. The van der Waals surface area contributed by atoms with Gasteiger partial charge in [-0.05, 0) is 69.3 Å². The lowest BCUT2D eigenvalue weighted by Gasteiger charge is -2.51. The Labute approximate surface area is 294 Å². The zero-order valence-corrected chi connectivity index (χ0v) is 28.4. The number of likely N-dealkylation sites (N-methyl/N-ethyl adjacent to an activating group) is 1. The molecule has 3 saturated carbocycles. The summed E-state index contributed by atoms with van der Waals surface area (Å²) in [5, 5.41) is 13.1. The molecule has 12 heteroatoms. The normalized spacial score (nSPS) is 22.6. The van der Waals surface area contributed by atoms with E-state index in [2.05, 4.69) is 21.3 Å². The highest BCUT2D eigenvalue weighted by Gasteiger charge is 2.55. The number of carbonyl (C=O) groups is 1. The van der Waals surface area contributed by atoms with Gasteiger partial charge in [-0.2, -0.15) is 19.0 Å². The Hall–Kier alpha value is -5.25.